The Labute approximate surface area is 180 Å². The summed E-state index contributed by atoms with van der Waals surface area (Å²) in [5.41, 5.74) is 5.05. The van der Waals surface area contributed by atoms with Gasteiger partial charge in [0.25, 0.3) is 5.91 Å². The highest BCUT2D eigenvalue weighted by Crippen LogP contribution is 2.30. The standard InChI is InChI=1S/C24H25N5O2/c1-16-26-20-12-18(4-6-22(20)31-16)19-5-7-23-25-13-21(29(23)15-19)24(30)28-10-8-27(9-11-28)14-17-2-3-17/h4-7,12-13,15,17H,2-3,8-11,14H2,1H3. The number of amides is 1. The minimum Gasteiger partial charge on any atom is -0.441 e. The molecule has 4 aromatic rings. The molecule has 31 heavy (non-hydrogen) atoms. The summed E-state index contributed by atoms with van der Waals surface area (Å²) in [4.78, 5) is 26.6. The van der Waals surface area contributed by atoms with Crippen molar-refractivity contribution in [2.45, 2.75) is 19.8 Å². The average Bonchev–Trinajstić information content (AvgIpc) is 3.37. The first-order chi connectivity index (χ1) is 15.1. The van der Waals surface area contributed by atoms with E-state index in [0.29, 0.717) is 11.6 Å². The molecular formula is C24H25N5O2. The number of rotatable bonds is 4. The molecule has 1 aromatic carbocycles. The Morgan fingerprint density at radius 2 is 1.90 bits per heavy atom. The quantitative estimate of drug-likeness (QED) is 0.509. The van der Waals surface area contributed by atoms with Gasteiger partial charge in [0.1, 0.15) is 16.9 Å². The summed E-state index contributed by atoms with van der Waals surface area (Å²) in [6.07, 6.45) is 6.42. The zero-order chi connectivity index (χ0) is 20.9. The van der Waals surface area contributed by atoms with Gasteiger partial charge in [-0.15, -0.1) is 0 Å². The predicted octanol–water partition coefficient (Wildman–Crippen LogP) is 3.62. The van der Waals surface area contributed by atoms with Crippen LogP contribution < -0.4 is 0 Å². The summed E-state index contributed by atoms with van der Waals surface area (Å²) in [5, 5.41) is 0. The van der Waals surface area contributed by atoms with Gasteiger partial charge in [-0.3, -0.25) is 14.1 Å². The first-order valence-corrected chi connectivity index (χ1v) is 11.0. The van der Waals surface area contributed by atoms with Crippen molar-refractivity contribution in [2.75, 3.05) is 32.7 Å². The number of hydrogen-bond acceptors (Lipinski definition) is 5. The third kappa shape index (κ3) is 3.49. The molecule has 0 bridgehead atoms. The number of carbonyl (C=O) groups is 1. The minimum atomic E-state index is 0.0540. The molecule has 0 unspecified atom stereocenters. The maximum atomic E-state index is 13.3. The third-order valence-electron chi connectivity index (χ3n) is 6.43. The van der Waals surface area contributed by atoms with E-state index >= 15 is 0 Å². The fourth-order valence-electron chi connectivity index (χ4n) is 4.49. The molecule has 1 aliphatic carbocycles. The lowest BCUT2D eigenvalue weighted by Gasteiger charge is -2.34. The first-order valence-electron chi connectivity index (χ1n) is 11.0. The Hall–Kier alpha value is -3.19. The van der Waals surface area contributed by atoms with Crippen LogP contribution in [0.3, 0.4) is 0 Å². The summed E-state index contributed by atoms with van der Waals surface area (Å²) in [6.45, 7) is 6.52. The van der Waals surface area contributed by atoms with E-state index in [1.807, 2.05) is 52.8 Å². The minimum absolute atomic E-state index is 0.0540. The van der Waals surface area contributed by atoms with Gasteiger partial charge in [0.05, 0.1) is 6.20 Å². The maximum Gasteiger partial charge on any atom is 0.272 e. The number of piperazine rings is 1. The van der Waals surface area contributed by atoms with Gasteiger partial charge in [0.15, 0.2) is 11.5 Å². The molecule has 0 atom stereocenters. The van der Waals surface area contributed by atoms with Gasteiger partial charge >= 0.3 is 0 Å². The third-order valence-corrected chi connectivity index (χ3v) is 6.43. The van der Waals surface area contributed by atoms with Crippen molar-refractivity contribution in [3.05, 3.63) is 54.3 Å². The van der Waals surface area contributed by atoms with Crippen molar-refractivity contribution < 1.29 is 9.21 Å². The number of nitrogens with zero attached hydrogens (tertiary/aromatic N) is 5. The molecule has 158 valence electrons. The van der Waals surface area contributed by atoms with E-state index in [9.17, 15) is 4.79 Å². The number of aromatic nitrogens is 3. The van der Waals surface area contributed by atoms with E-state index < -0.39 is 0 Å². The maximum absolute atomic E-state index is 13.3. The fourth-order valence-corrected chi connectivity index (χ4v) is 4.49. The number of aryl methyl sites for hydroxylation is 1. The Morgan fingerprint density at radius 3 is 2.71 bits per heavy atom. The van der Waals surface area contributed by atoms with Crippen LogP contribution in [0.1, 0.15) is 29.2 Å². The molecule has 0 radical (unpaired) electrons. The molecule has 0 N–H and O–H groups in total. The van der Waals surface area contributed by atoms with Crippen LogP contribution >= 0.6 is 0 Å². The molecule has 0 spiro atoms. The Kier molecular flexibility index (Phi) is 4.31. The first kappa shape index (κ1) is 18.6. The smallest absolute Gasteiger partial charge is 0.272 e. The van der Waals surface area contributed by atoms with Crippen LogP contribution in [0.25, 0.3) is 27.9 Å². The van der Waals surface area contributed by atoms with Crippen molar-refractivity contribution in [3.63, 3.8) is 0 Å². The van der Waals surface area contributed by atoms with Crippen LogP contribution in [0.5, 0.6) is 0 Å². The van der Waals surface area contributed by atoms with Crippen LogP contribution in [0.15, 0.2) is 47.1 Å². The van der Waals surface area contributed by atoms with Crippen LogP contribution in [-0.2, 0) is 0 Å². The van der Waals surface area contributed by atoms with E-state index in [2.05, 4.69) is 14.9 Å². The number of hydrogen-bond donors (Lipinski definition) is 0. The van der Waals surface area contributed by atoms with Gasteiger partial charge in [-0.2, -0.15) is 0 Å². The van der Waals surface area contributed by atoms with E-state index in [-0.39, 0.29) is 5.91 Å². The normalized spacial score (nSPS) is 17.6. The molecule has 1 saturated carbocycles. The molecule has 2 aliphatic rings. The number of pyridine rings is 1. The van der Waals surface area contributed by atoms with Crippen molar-refractivity contribution in [1.29, 1.82) is 0 Å². The summed E-state index contributed by atoms with van der Waals surface area (Å²) >= 11 is 0. The molecule has 1 amide bonds. The van der Waals surface area contributed by atoms with Crippen LogP contribution in [0, 0.1) is 12.8 Å². The van der Waals surface area contributed by atoms with E-state index in [4.69, 9.17) is 4.42 Å². The summed E-state index contributed by atoms with van der Waals surface area (Å²) in [5.74, 6) is 1.60. The lowest BCUT2D eigenvalue weighted by molar-refractivity contribution is 0.0625. The Balaban J connectivity index is 1.27. The lowest BCUT2D eigenvalue weighted by atomic mass is 10.1. The molecule has 1 aliphatic heterocycles. The summed E-state index contributed by atoms with van der Waals surface area (Å²) in [6, 6.07) is 9.96. The van der Waals surface area contributed by atoms with Gasteiger partial charge in [-0.25, -0.2) is 9.97 Å². The fraction of sp³-hybridized carbons (Fsp3) is 0.375. The second kappa shape index (κ2) is 7.20. The van der Waals surface area contributed by atoms with Crippen LogP contribution in [0.4, 0.5) is 0 Å². The lowest BCUT2D eigenvalue weighted by Crippen LogP contribution is -2.49. The number of oxazole rings is 1. The van der Waals surface area contributed by atoms with E-state index in [1.165, 1.54) is 19.4 Å². The Morgan fingerprint density at radius 1 is 1.10 bits per heavy atom. The van der Waals surface area contributed by atoms with Crippen molar-refractivity contribution >= 4 is 22.7 Å². The van der Waals surface area contributed by atoms with Crippen molar-refractivity contribution in [1.82, 2.24) is 24.2 Å². The number of fused-ring (bicyclic) bond motifs is 2. The molecule has 2 fully saturated rings. The van der Waals surface area contributed by atoms with Gasteiger partial charge in [0, 0.05) is 45.8 Å². The second-order valence-corrected chi connectivity index (χ2v) is 8.74. The van der Waals surface area contributed by atoms with Crippen LogP contribution in [0.2, 0.25) is 0 Å². The highest BCUT2D eigenvalue weighted by atomic mass is 16.3. The van der Waals surface area contributed by atoms with E-state index in [0.717, 1.165) is 60.0 Å². The van der Waals surface area contributed by atoms with Gasteiger partial charge in [-0.05, 0) is 54.2 Å². The molecule has 3 aromatic heterocycles. The number of carbonyl (C=O) groups excluding carboxylic acids is 1. The monoisotopic (exact) mass is 415 g/mol. The largest absolute Gasteiger partial charge is 0.441 e. The number of imidazole rings is 1. The van der Waals surface area contributed by atoms with Gasteiger partial charge in [0.2, 0.25) is 0 Å². The van der Waals surface area contributed by atoms with Crippen molar-refractivity contribution in [3.8, 4) is 11.1 Å². The molecule has 4 heterocycles. The average molecular weight is 415 g/mol. The highest BCUT2D eigenvalue weighted by Gasteiger charge is 2.28. The molecule has 6 rings (SSSR count). The number of benzene rings is 1. The Bertz CT molecular complexity index is 1280. The summed E-state index contributed by atoms with van der Waals surface area (Å²) in [7, 11) is 0. The zero-order valence-corrected chi connectivity index (χ0v) is 17.6. The SMILES string of the molecule is Cc1nc2cc(-c3ccc4ncc(C(=O)N5CCN(CC6CC6)CC5)n4c3)ccc2o1. The molecule has 7 heteroatoms. The van der Waals surface area contributed by atoms with E-state index in [1.54, 1.807) is 6.20 Å². The summed E-state index contributed by atoms with van der Waals surface area (Å²) < 4.78 is 7.50. The highest BCUT2D eigenvalue weighted by molar-refractivity contribution is 5.93. The van der Waals surface area contributed by atoms with Crippen LogP contribution in [-0.4, -0.2) is 62.8 Å². The molecule has 7 nitrogen and oxygen atoms in total. The zero-order valence-electron chi connectivity index (χ0n) is 17.6. The molecular weight excluding hydrogens is 390 g/mol. The van der Waals surface area contributed by atoms with Crippen molar-refractivity contribution in [2.24, 2.45) is 5.92 Å². The molecule has 1 saturated heterocycles. The topological polar surface area (TPSA) is 66.9 Å². The van der Waals surface area contributed by atoms with Gasteiger partial charge < -0.3 is 9.32 Å². The van der Waals surface area contributed by atoms with Gasteiger partial charge in [-0.1, -0.05) is 6.07 Å². The second-order valence-electron chi connectivity index (χ2n) is 8.74. The predicted molar refractivity (Wildman–Crippen MR) is 118 cm³/mol.